The van der Waals surface area contributed by atoms with Gasteiger partial charge in [0.1, 0.15) is 5.76 Å². The molecule has 0 unspecified atom stereocenters. The molecule has 0 aliphatic carbocycles. The summed E-state index contributed by atoms with van der Waals surface area (Å²) in [5, 5.41) is 3.91. The van der Waals surface area contributed by atoms with Gasteiger partial charge < -0.3 is 9.73 Å². The minimum absolute atomic E-state index is 0.123. The van der Waals surface area contributed by atoms with Gasteiger partial charge in [-0.25, -0.2) is 4.98 Å². The lowest BCUT2D eigenvalue weighted by molar-refractivity contribution is -0.113. The van der Waals surface area contributed by atoms with Crippen LogP contribution in [0.3, 0.4) is 0 Å². The van der Waals surface area contributed by atoms with Crippen LogP contribution in [0, 0.1) is 6.92 Å². The van der Waals surface area contributed by atoms with Gasteiger partial charge in [0.2, 0.25) is 5.91 Å². The molecular formula is C22H18BrN3O3S. The fourth-order valence-corrected chi connectivity index (χ4v) is 4.31. The van der Waals surface area contributed by atoms with E-state index in [1.807, 2.05) is 37.3 Å². The van der Waals surface area contributed by atoms with Gasteiger partial charge in [0.25, 0.3) is 5.56 Å². The number of carbonyl (C=O) groups is 1. The summed E-state index contributed by atoms with van der Waals surface area (Å²) in [6, 6.07) is 16.4. The average Bonchev–Trinajstić information content (AvgIpc) is 3.24. The van der Waals surface area contributed by atoms with Gasteiger partial charge in [-0.2, -0.15) is 0 Å². The maximum absolute atomic E-state index is 13.1. The number of fused-ring (bicyclic) bond motifs is 1. The first-order chi connectivity index (χ1) is 14.5. The number of hydrogen-bond acceptors (Lipinski definition) is 5. The number of amides is 1. The largest absolute Gasteiger partial charge is 0.467 e. The Hall–Kier alpha value is -2.84. The van der Waals surface area contributed by atoms with Crippen LogP contribution in [0.1, 0.15) is 11.3 Å². The van der Waals surface area contributed by atoms with Crippen molar-refractivity contribution in [1.82, 2.24) is 9.55 Å². The number of halogens is 1. The first kappa shape index (κ1) is 20.4. The van der Waals surface area contributed by atoms with Crippen molar-refractivity contribution in [3.63, 3.8) is 0 Å². The quantitative estimate of drug-likeness (QED) is 0.313. The van der Waals surface area contributed by atoms with Crippen molar-refractivity contribution in [3.8, 4) is 0 Å². The number of furan rings is 1. The van der Waals surface area contributed by atoms with E-state index in [-0.39, 0.29) is 23.8 Å². The van der Waals surface area contributed by atoms with Crippen LogP contribution in [0.2, 0.25) is 0 Å². The Labute approximate surface area is 185 Å². The van der Waals surface area contributed by atoms with Gasteiger partial charge in [-0.15, -0.1) is 0 Å². The van der Waals surface area contributed by atoms with Crippen LogP contribution in [0.25, 0.3) is 10.9 Å². The van der Waals surface area contributed by atoms with E-state index in [2.05, 4.69) is 26.2 Å². The summed E-state index contributed by atoms with van der Waals surface area (Å²) in [5.41, 5.74) is 2.15. The molecule has 2 aromatic carbocycles. The molecule has 2 heterocycles. The Morgan fingerprint density at radius 1 is 1.20 bits per heavy atom. The number of rotatable bonds is 6. The molecule has 8 heteroatoms. The summed E-state index contributed by atoms with van der Waals surface area (Å²) < 4.78 is 7.91. The van der Waals surface area contributed by atoms with Gasteiger partial charge in [-0.1, -0.05) is 39.8 Å². The first-order valence-corrected chi connectivity index (χ1v) is 11.0. The second-order valence-electron chi connectivity index (χ2n) is 6.68. The van der Waals surface area contributed by atoms with E-state index < -0.39 is 0 Å². The zero-order valence-electron chi connectivity index (χ0n) is 16.1. The summed E-state index contributed by atoms with van der Waals surface area (Å²) >= 11 is 4.64. The molecule has 1 N–H and O–H groups in total. The standard InChI is InChI=1S/C22H18BrN3O3S/c1-14-11-15(23)8-9-18(14)24-20(27)13-30-22-25-19-7-3-2-6-17(19)21(28)26(22)12-16-5-4-10-29-16/h2-11H,12-13H2,1H3,(H,24,27). The molecule has 152 valence electrons. The zero-order valence-corrected chi connectivity index (χ0v) is 18.5. The Morgan fingerprint density at radius 3 is 2.80 bits per heavy atom. The highest BCUT2D eigenvalue weighted by Crippen LogP contribution is 2.22. The van der Waals surface area contributed by atoms with E-state index in [9.17, 15) is 9.59 Å². The predicted molar refractivity (Wildman–Crippen MR) is 122 cm³/mol. The molecule has 1 amide bonds. The van der Waals surface area contributed by atoms with Crippen molar-refractivity contribution in [2.45, 2.75) is 18.6 Å². The average molecular weight is 484 g/mol. The lowest BCUT2D eigenvalue weighted by Crippen LogP contribution is -2.24. The van der Waals surface area contributed by atoms with E-state index in [0.717, 1.165) is 15.7 Å². The number of aromatic nitrogens is 2. The highest BCUT2D eigenvalue weighted by atomic mass is 79.9. The number of carbonyl (C=O) groups excluding carboxylic acids is 1. The van der Waals surface area contributed by atoms with Gasteiger partial charge in [-0.3, -0.25) is 14.2 Å². The van der Waals surface area contributed by atoms with Gasteiger partial charge in [-0.05, 0) is 55.0 Å². The lowest BCUT2D eigenvalue weighted by atomic mass is 10.2. The molecule has 0 bridgehead atoms. The molecule has 0 atom stereocenters. The molecule has 0 aliphatic rings. The smallest absolute Gasteiger partial charge is 0.262 e. The molecule has 0 radical (unpaired) electrons. The maximum atomic E-state index is 13.1. The van der Waals surface area contributed by atoms with E-state index in [0.29, 0.717) is 21.8 Å². The third kappa shape index (κ3) is 4.49. The molecule has 6 nitrogen and oxygen atoms in total. The number of nitrogens with zero attached hydrogens (tertiary/aromatic N) is 2. The molecule has 0 fully saturated rings. The Morgan fingerprint density at radius 2 is 2.03 bits per heavy atom. The summed E-state index contributed by atoms with van der Waals surface area (Å²) in [4.78, 5) is 30.2. The summed E-state index contributed by atoms with van der Waals surface area (Å²) in [6.07, 6.45) is 1.57. The third-order valence-electron chi connectivity index (χ3n) is 4.52. The molecule has 2 aromatic heterocycles. The first-order valence-electron chi connectivity index (χ1n) is 9.22. The van der Waals surface area contributed by atoms with Gasteiger partial charge in [0.15, 0.2) is 5.16 Å². The summed E-state index contributed by atoms with van der Waals surface area (Å²) in [5.74, 6) is 0.599. The van der Waals surface area contributed by atoms with Crippen molar-refractivity contribution in [1.29, 1.82) is 0 Å². The highest BCUT2D eigenvalue weighted by molar-refractivity contribution is 9.10. The van der Waals surface area contributed by atoms with Crippen LogP contribution in [-0.4, -0.2) is 21.2 Å². The fourth-order valence-electron chi connectivity index (χ4n) is 3.04. The number of hydrogen-bond donors (Lipinski definition) is 1. The summed E-state index contributed by atoms with van der Waals surface area (Å²) in [7, 11) is 0. The van der Waals surface area contributed by atoms with Gasteiger partial charge >= 0.3 is 0 Å². The molecule has 4 rings (SSSR count). The SMILES string of the molecule is Cc1cc(Br)ccc1NC(=O)CSc1nc2ccccc2c(=O)n1Cc1ccco1. The van der Waals surface area contributed by atoms with Crippen LogP contribution in [0.5, 0.6) is 0 Å². The van der Waals surface area contributed by atoms with E-state index in [4.69, 9.17) is 4.42 Å². The number of benzene rings is 2. The van der Waals surface area contributed by atoms with Gasteiger partial charge in [0, 0.05) is 10.2 Å². The van der Waals surface area contributed by atoms with E-state index in [1.54, 1.807) is 35.1 Å². The van der Waals surface area contributed by atoms with E-state index in [1.165, 1.54) is 11.8 Å². The second kappa shape index (κ2) is 8.89. The third-order valence-corrected chi connectivity index (χ3v) is 5.99. The number of aryl methyl sites for hydroxylation is 1. The van der Waals surface area contributed by atoms with Crippen molar-refractivity contribution in [3.05, 3.63) is 87.0 Å². The monoisotopic (exact) mass is 483 g/mol. The fraction of sp³-hybridized carbons (Fsp3) is 0.136. The Kier molecular flexibility index (Phi) is 6.06. The van der Waals surface area contributed by atoms with Crippen LogP contribution >= 0.6 is 27.7 Å². The van der Waals surface area contributed by atoms with Gasteiger partial charge in [0.05, 0.1) is 29.5 Å². The normalized spacial score (nSPS) is 11.0. The van der Waals surface area contributed by atoms with E-state index >= 15 is 0 Å². The molecule has 0 aliphatic heterocycles. The summed E-state index contributed by atoms with van der Waals surface area (Å²) in [6.45, 7) is 2.18. The second-order valence-corrected chi connectivity index (χ2v) is 8.54. The van der Waals surface area contributed by atoms with Crippen LogP contribution in [-0.2, 0) is 11.3 Å². The molecule has 0 saturated carbocycles. The lowest BCUT2D eigenvalue weighted by Gasteiger charge is -2.13. The Bertz CT molecular complexity index is 1270. The van der Waals surface area contributed by atoms with Crippen molar-refractivity contribution < 1.29 is 9.21 Å². The number of anilines is 1. The molecule has 0 spiro atoms. The maximum Gasteiger partial charge on any atom is 0.262 e. The minimum Gasteiger partial charge on any atom is -0.467 e. The zero-order chi connectivity index (χ0) is 21.1. The molecule has 4 aromatic rings. The van der Waals surface area contributed by atoms with Crippen molar-refractivity contribution in [2.24, 2.45) is 0 Å². The van der Waals surface area contributed by atoms with Crippen LogP contribution < -0.4 is 10.9 Å². The van der Waals surface area contributed by atoms with Crippen LogP contribution in [0.4, 0.5) is 5.69 Å². The van der Waals surface area contributed by atoms with Crippen molar-refractivity contribution >= 4 is 50.2 Å². The number of nitrogens with one attached hydrogen (secondary N) is 1. The number of thioether (sulfide) groups is 1. The highest BCUT2D eigenvalue weighted by Gasteiger charge is 2.15. The number of para-hydroxylation sites is 1. The Balaban J connectivity index is 1.59. The van der Waals surface area contributed by atoms with Crippen LogP contribution in [0.15, 0.2) is 79.7 Å². The minimum atomic E-state index is -0.169. The van der Waals surface area contributed by atoms with Crippen molar-refractivity contribution in [2.75, 3.05) is 11.1 Å². The molecule has 30 heavy (non-hydrogen) atoms. The molecule has 0 saturated heterocycles. The predicted octanol–water partition coefficient (Wildman–Crippen LogP) is 4.84. The topological polar surface area (TPSA) is 77.1 Å². The molecular weight excluding hydrogens is 466 g/mol.